The first-order valence-corrected chi connectivity index (χ1v) is 13.3. The molecule has 0 unspecified atom stereocenters. The molecule has 3 aromatic carbocycles. The number of nitrogens with one attached hydrogen (secondary N) is 1. The average Bonchev–Trinajstić information content (AvgIpc) is 3.38. The van der Waals surface area contributed by atoms with E-state index in [-0.39, 0.29) is 5.97 Å². The Hall–Kier alpha value is -3.73. The minimum atomic E-state index is -0.338. The largest absolute Gasteiger partial charge is 0.464 e. The summed E-state index contributed by atoms with van der Waals surface area (Å²) in [4.78, 5) is 20.2. The first-order chi connectivity index (χ1) is 18.0. The second-order valence-corrected chi connectivity index (χ2v) is 10.4. The van der Waals surface area contributed by atoms with Crippen molar-refractivity contribution in [3.05, 3.63) is 84.1 Å². The number of aromatic amines is 1. The van der Waals surface area contributed by atoms with Crippen molar-refractivity contribution in [1.29, 1.82) is 0 Å². The van der Waals surface area contributed by atoms with Crippen LogP contribution in [0.15, 0.2) is 72.8 Å². The van der Waals surface area contributed by atoms with Crippen LogP contribution in [0, 0.1) is 5.92 Å². The van der Waals surface area contributed by atoms with E-state index in [2.05, 4.69) is 95.6 Å². The van der Waals surface area contributed by atoms with Crippen molar-refractivity contribution in [2.24, 2.45) is 5.92 Å². The van der Waals surface area contributed by atoms with Crippen LogP contribution in [0.25, 0.3) is 22.0 Å². The van der Waals surface area contributed by atoms with Crippen LogP contribution < -0.4 is 9.80 Å². The van der Waals surface area contributed by atoms with Gasteiger partial charge in [0.2, 0.25) is 0 Å². The molecule has 1 aliphatic rings. The van der Waals surface area contributed by atoms with Crippen molar-refractivity contribution in [2.45, 2.75) is 38.6 Å². The first-order valence-electron chi connectivity index (χ1n) is 13.3. The Morgan fingerprint density at radius 1 is 0.919 bits per heavy atom. The molecule has 1 aromatic heterocycles. The summed E-state index contributed by atoms with van der Waals surface area (Å²) in [5.74, 6) is 0.351. The minimum absolute atomic E-state index is 0.338. The van der Waals surface area contributed by atoms with Crippen LogP contribution in [0.5, 0.6) is 0 Å². The van der Waals surface area contributed by atoms with Crippen LogP contribution in [0.2, 0.25) is 0 Å². The summed E-state index contributed by atoms with van der Waals surface area (Å²) in [5, 5.41) is 1.03. The molecule has 0 aliphatic heterocycles. The number of methoxy groups -OCH3 is 1. The number of carbonyl (C=O) groups is 1. The van der Waals surface area contributed by atoms with Crippen molar-refractivity contribution in [2.75, 3.05) is 37.5 Å². The third-order valence-electron chi connectivity index (χ3n) is 7.63. The summed E-state index contributed by atoms with van der Waals surface area (Å²) < 4.78 is 4.96. The maximum Gasteiger partial charge on any atom is 0.354 e. The Morgan fingerprint density at radius 2 is 1.59 bits per heavy atom. The van der Waals surface area contributed by atoms with Gasteiger partial charge >= 0.3 is 5.97 Å². The van der Waals surface area contributed by atoms with E-state index in [0.717, 1.165) is 29.7 Å². The molecule has 192 valence electrons. The number of rotatable bonds is 8. The highest BCUT2D eigenvalue weighted by molar-refractivity contribution is 5.99. The number of benzene rings is 3. The van der Waals surface area contributed by atoms with Gasteiger partial charge in [0.25, 0.3) is 0 Å². The van der Waals surface area contributed by atoms with Crippen LogP contribution in [0.3, 0.4) is 0 Å². The number of hydrogen-bond donors (Lipinski definition) is 1. The summed E-state index contributed by atoms with van der Waals surface area (Å²) in [6.07, 6.45) is 6.55. The number of ether oxygens (including phenoxy) is 1. The van der Waals surface area contributed by atoms with Crippen molar-refractivity contribution in [1.82, 2.24) is 4.98 Å². The standard InChI is InChI=1S/C32H37N3O2/c1-34(2)28-18-16-26(17-19-28)25-14-12-24(13-15-25)22-35(21-23-8-5-4-6-9-23)30-11-7-10-27-20-29(32(36)37-3)33-31(27)30/h7,10-20,23,33H,4-6,8-9,21-22H2,1-3H3. The molecule has 1 heterocycles. The topological polar surface area (TPSA) is 48.6 Å². The zero-order valence-electron chi connectivity index (χ0n) is 22.2. The number of aromatic nitrogens is 1. The molecule has 37 heavy (non-hydrogen) atoms. The number of carbonyl (C=O) groups excluding carboxylic acids is 1. The molecule has 4 aromatic rings. The minimum Gasteiger partial charge on any atom is -0.464 e. The summed E-state index contributed by atoms with van der Waals surface area (Å²) in [6, 6.07) is 25.8. The molecular weight excluding hydrogens is 458 g/mol. The van der Waals surface area contributed by atoms with Crippen molar-refractivity contribution >= 4 is 28.2 Å². The lowest BCUT2D eigenvalue weighted by atomic mass is 9.88. The smallest absolute Gasteiger partial charge is 0.354 e. The average molecular weight is 496 g/mol. The highest BCUT2D eigenvalue weighted by atomic mass is 16.5. The third-order valence-corrected chi connectivity index (χ3v) is 7.63. The Morgan fingerprint density at radius 3 is 2.24 bits per heavy atom. The number of hydrogen-bond acceptors (Lipinski definition) is 4. The number of nitrogens with zero attached hydrogens (tertiary/aromatic N) is 2. The number of anilines is 2. The molecule has 5 rings (SSSR count). The van der Waals surface area contributed by atoms with E-state index in [0.29, 0.717) is 11.6 Å². The van der Waals surface area contributed by atoms with E-state index < -0.39 is 0 Å². The van der Waals surface area contributed by atoms with Crippen LogP contribution in [-0.4, -0.2) is 38.7 Å². The van der Waals surface area contributed by atoms with Gasteiger partial charge in [-0.25, -0.2) is 4.79 Å². The molecule has 0 bridgehead atoms. The van der Waals surface area contributed by atoms with Crippen LogP contribution in [0.4, 0.5) is 11.4 Å². The van der Waals surface area contributed by atoms with E-state index in [1.165, 1.54) is 61.6 Å². The van der Waals surface area contributed by atoms with E-state index in [9.17, 15) is 4.79 Å². The summed E-state index contributed by atoms with van der Waals surface area (Å²) in [6.45, 7) is 1.83. The monoisotopic (exact) mass is 495 g/mol. The van der Waals surface area contributed by atoms with Gasteiger partial charge in [0, 0.05) is 38.3 Å². The molecule has 0 atom stereocenters. The maximum atomic E-state index is 12.2. The molecule has 1 saturated carbocycles. The molecular formula is C32H37N3O2. The zero-order valence-corrected chi connectivity index (χ0v) is 22.2. The molecule has 0 radical (unpaired) electrons. The van der Waals surface area contributed by atoms with Gasteiger partial charge in [0.05, 0.1) is 18.3 Å². The Balaban J connectivity index is 1.43. The van der Waals surface area contributed by atoms with Crippen molar-refractivity contribution in [3.8, 4) is 11.1 Å². The van der Waals surface area contributed by atoms with Gasteiger partial charge in [-0.05, 0) is 59.7 Å². The van der Waals surface area contributed by atoms with Gasteiger partial charge in [-0.3, -0.25) is 0 Å². The van der Waals surface area contributed by atoms with E-state index in [1.807, 2.05) is 6.07 Å². The van der Waals surface area contributed by atoms with Crippen LogP contribution >= 0.6 is 0 Å². The van der Waals surface area contributed by atoms with Crippen molar-refractivity contribution < 1.29 is 9.53 Å². The SMILES string of the molecule is COC(=O)c1cc2cccc(N(Cc3ccc(-c4ccc(N(C)C)cc4)cc3)CC3CCCCC3)c2[nH]1. The number of H-pyrrole nitrogens is 1. The summed E-state index contributed by atoms with van der Waals surface area (Å²) >= 11 is 0. The molecule has 1 N–H and O–H groups in total. The molecule has 5 heteroatoms. The van der Waals surface area contributed by atoms with E-state index >= 15 is 0 Å². The normalized spacial score (nSPS) is 14.0. The first kappa shape index (κ1) is 24.9. The number of esters is 1. The van der Waals surface area contributed by atoms with Gasteiger partial charge in [-0.1, -0.05) is 67.8 Å². The summed E-state index contributed by atoms with van der Waals surface area (Å²) in [5.41, 5.74) is 7.56. The van der Waals surface area contributed by atoms with Gasteiger partial charge in [-0.2, -0.15) is 0 Å². The van der Waals surface area contributed by atoms with Gasteiger partial charge in [-0.15, -0.1) is 0 Å². The highest BCUT2D eigenvalue weighted by Crippen LogP contribution is 2.32. The fourth-order valence-corrected chi connectivity index (χ4v) is 5.53. The lowest BCUT2D eigenvalue weighted by molar-refractivity contribution is 0.0595. The fraction of sp³-hybridized carbons (Fsp3) is 0.344. The molecule has 1 fully saturated rings. The number of fused-ring (bicyclic) bond motifs is 1. The fourth-order valence-electron chi connectivity index (χ4n) is 5.53. The zero-order chi connectivity index (χ0) is 25.8. The van der Waals surface area contributed by atoms with E-state index in [4.69, 9.17) is 4.74 Å². The van der Waals surface area contributed by atoms with Gasteiger partial charge in [0.1, 0.15) is 5.69 Å². The van der Waals surface area contributed by atoms with Crippen LogP contribution in [0.1, 0.15) is 48.2 Å². The van der Waals surface area contributed by atoms with E-state index in [1.54, 1.807) is 0 Å². The molecule has 0 spiro atoms. The lowest BCUT2D eigenvalue weighted by Gasteiger charge is -2.32. The molecule has 0 amide bonds. The second kappa shape index (κ2) is 11.1. The second-order valence-electron chi connectivity index (χ2n) is 10.4. The molecule has 5 nitrogen and oxygen atoms in total. The Kier molecular flexibility index (Phi) is 7.50. The Labute approximate surface area is 220 Å². The third kappa shape index (κ3) is 5.66. The summed E-state index contributed by atoms with van der Waals surface area (Å²) in [7, 11) is 5.55. The number of para-hydroxylation sites is 1. The van der Waals surface area contributed by atoms with Crippen LogP contribution in [-0.2, 0) is 11.3 Å². The highest BCUT2D eigenvalue weighted by Gasteiger charge is 2.21. The van der Waals surface area contributed by atoms with Gasteiger partial charge in [0.15, 0.2) is 0 Å². The lowest BCUT2D eigenvalue weighted by Crippen LogP contribution is -2.30. The molecule has 1 aliphatic carbocycles. The predicted octanol–water partition coefficient (Wildman–Crippen LogP) is 7.27. The quantitative estimate of drug-likeness (QED) is 0.261. The van der Waals surface area contributed by atoms with Crippen molar-refractivity contribution in [3.63, 3.8) is 0 Å². The maximum absolute atomic E-state index is 12.2. The molecule has 0 saturated heterocycles. The predicted molar refractivity (Wildman–Crippen MR) is 153 cm³/mol. The Bertz CT molecular complexity index is 1330. The van der Waals surface area contributed by atoms with Gasteiger partial charge < -0.3 is 19.5 Å².